The molecule has 2 heterocycles. The maximum Gasteiger partial charge on any atom is 0.328 e. The van der Waals surface area contributed by atoms with Gasteiger partial charge in [0.05, 0.1) is 0 Å². The highest BCUT2D eigenvalue weighted by Gasteiger charge is 2.32. The second-order valence-electron chi connectivity index (χ2n) is 5.61. The normalized spacial score (nSPS) is 16.3. The van der Waals surface area contributed by atoms with Crippen LogP contribution in [0.15, 0.2) is 42.2 Å². The third-order valence-corrected chi connectivity index (χ3v) is 4.12. The Hall–Kier alpha value is -2.82. The maximum absolute atomic E-state index is 12.2. The zero-order valence-electron chi connectivity index (χ0n) is 13.5. The van der Waals surface area contributed by atoms with Crippen LogP contribution in [0.5, 0.6) is 0 Å². The Morgan fingerprint density at radius 1 is 1.13 bits per heavy atom. The van der Waals surface area contributed by atoms with E-state index in [9.17, 15) is 9.59 Å². The maximum atomic E-state index is 12.2. The monoisotopic (exact) mass is 309 g/mol. The fourth-order valence-electron chi connectivity index (χ4n) is 2.63. The van der Waals surface area contributed by atoms with Crippen LogP contribution in [0.3, 0.4) is 0 Å². The van der Waals surface area contributed by atoms with E-state index in [1.807, 2.05) is 29.0 Å². The minimum absolute atomic E-state index is 0.287. The molecule has 0 aliphatic carbocycles. The molecule has 1 aliphatic heterocycles. The Kier molecular flexibility index (Phi) is 3.78. The molecule has 1 fully saturated rings. The number of likely N-dealkylation sites (N-methyl/N-ethyl adjacent to an activating group) is 1. The molecule has 0 unspecified atom stereocenters. The number of carbonyl (C=O) groups excluding carboxylic acids is 2. The number of hydrogen-bond acceptors (Lipinski definition) is 2. The van der Waals surface area contributed by atoms with E-state index in [1.165, 1.54) is 16.0 Å². The highest BCUT2D eigenvalue weighted by molar-refractivity contribution is 6.13. The third-order valence-electron chi connectivity index (χ3n) is 4.12. The van der Waals surface area contributed by atoms with Gasteiger partial charge in [-0.15, -0.1) is 0 Å². The lowest BCUT2D eigenvalue weighted by molar-refractivity contribution is -0.122. The predicted molar refractivity (Wildman–Crippen MR) is 89.1 cm³/mol. The second kappa shape index (κ2) is 5.76. The van der Waals surface area contributed by atoms with E-state index < -0.39 is 0 Å². The first-order valence-corrected chi connectivity index (χ1v) is 7.60. The SMILES string of the molecule is CCN1C(=O)N/C(=C/c2cccn2-c2ccc(C)c(C)c2)C1=O. The van der Waals surface area contributed by atoms with Crippen molar-refractivity contribution in [1.29, 1.82) is 0 Å². The molecule has 5 nitrogen and oxygen atoms in total. The fraction of sp³-hybridized carbons (Fsp3) is 0.222. The number of rotatable bonds is 3. The van der Waals surface area contributed by atoms with E-state index in [4.69, 9.17) is 0 Å². The van der Waals surface area contributed by atoms with Gasteiger partial charge in [-0.1, -0.05) is 6.07 Å². The molecule has 0 spiro atoms. The van der Waals surface area contributed by atoms with Gasteiger partial charge in [0.25, 0.3) is 5.91 Å². The minimum Gasteiger partial charge on any atom is -0.317 e. The quantitative estimate of drug-likeness (QED) is 0.700. The first kappa shape index (κ1) is 15.1. The number of nitrogens with zero attached hydrogens (tertiary/aromatic N) is 2. The molecule has 118 valence electrons. The number of aryl methyl sites for hydroxylation is 2. The summed E-state index contributed by atoms with van der Waals surface area (Å²) in [4.78, 5) is 25.1. The fourth-order valence-corrected chi connectivity index (χ4v) is 2.63. The van der Waals surface area contributed by atoms with Crippen LogP contribution < -0.4 is 5.32 Å². The molecule has 3 rings (SSSR count). The summed E-state index contributed by atoms with van der Waals surface area (Å²) in [5.41, 5.74) is 4.61. The van der Waals surface area contributed by atoms with Crippen LogP contribution >= 0.6 is 0 Å². The Labute approximate surface area is 135 Å². The topological polar surface area (TPSA) is 54.3 Å². The Bertz CT molecular complexity index is 817. The van der Waals surface area contributed by atoms with E-state index in [0.717, 1.165) is 11.4 Å². The highest BCUT2D eigenvalue weighted by Crippen LogP contribution is 2.20. The summed E-state index contributed by atoms with van der Waals surface area (Å²) >= 11 is 0. The van der Waals surface area contributed by atoms with Gasteiger partial charge in [0, 0.05) is 24.1 Å². The Balaban J connectivity index is 1.99. The average molecular weight is 309 g/mol. The largest absolute Gasteiger partial charge is 0.328 e. The molecule has 5 heteroatoms. The number of benzene rings is 1. The van der Waals surface area contributed by atoms with Gasteiger partial charge in [0.2, 0.25) is 0 Å². The number of carbonyl (C=O) groups is 2. The molecule has 3 amide bonds. The summed E-state index contributed by atoms with van der Waals surface area (Å²) in [5, 5.41) is 2.63. The third kappa shape index (κ3) is 2.65. The molecule has 2 aromatic rings. The van der Waals surface area contributed by atoms with Crippen molar-refractivity contribution in [2.24, 2.45) is 0 Å². The van der Waals surface area contributed by atoms with Crippen molar-refractivity contribution < 1.29 is 9.59 Å². The predicted octanol–water partition coefficient (Wildman–Crippen LogP) is 3.01. The van der Waals surface area contributed by atoms with Gasteiger partial charge in [0.15, 0.2) is 0 Å². The number of aromatic nitrogens is 1. The lowest BCUT2D eigenvalue weighted by Crippen LogP contribution is -2.30. The molecule has 0 saturated carbocycles. The van der Waals surface area contributed by atoms with Crippen molar-refractivity contribution >= 4 is 18.0 Å². The van der Waals surface area contributed by atoms with Crippen molar-refractivity contribution in [2.45, 2.75) is 20.8 Å². The molecular formula is C18H19N3O2. The van der Waals surface area contributed by atoms with Gasteiger partial charge in [-0.3, -0.25) is 9.69 Å². The Morgan fingerprint density at radius 2 is 1.91 bits per heavy atom. The zero-order chi connectivity index (χ0) is 16.6. The molecule has 0 atom stereocenters. The van der Waals surface area contributed by atoms with Crippen molar-refractivity contribution in [3.8, 4) is 5.69 Å². The first-order chi connectivity index (χ1) is 11.0. The smallest absolute Gasteiger partial charge is 0.317 e. The standard InChI is InChI=1S/C18H19N3O2/c1-4-20-17(22)16(19-18(20)23)11-14-6-5-9-21(14)15-8-7-12(2)13(3)10-15/h5-11H,4H2,1-3H3,(H,19,23)/b16-11+. The lowest BCUT2D eigenvalue weighted by atomic mass is 10.1. The van der Waals surface area contributed by atoms with Gasteiger partial charge < -0.3 is 9.88 Å². The summed E-state index contributed by atoms with van der Waals surface area (Å²) in [6, 6.07) is 9.68. The summed E-state index contributed by atoms with van der Waals surface area (Å²) < 4.78 is 1.99. The number of nitrogens with one attached hydrogen (secondary N) is 1. The zero-order valence-corrected chi connectivity index (χ0v) is 13.5. The number of imide groups is 1. The van der Waals surface area contributed by atoms with E-state index in [2.05, 4.69) is 31.3 Å². The van der Waals surface area contributed by atoms with Crippen LogP contribution in [-0.4, -0.2) is 28.0 Å². The summed E-state index contributed by atoms with van der Waals surface area (Å²) in [6.45, 7) is 6.28. The molecule has 23 heavy (non-hydrogen) atoms. The van der Waals surface area contributed by atoms with Gasteiger partial charge in [-0.05, 0) is 62.2 Å². The molecule has 1 aromatic heterocycles. The molecule has 1 aromatic carbocycles. The minimum atomic E-state index is -0.368. The van der Waals surface area contributed by atoms with Crippen LogP contribution in [0.2, 0.25) is 0 Å². The average Bonchev–Trinajstić information content (AvgIpc) is 3.08. The highest BCUT2D eigenvalue weighted by atomic mass is 16.2. The van der Waals surface area contributed by atoms with Gasteiger partial charge in [0.1, 0.15) is 5.70 Å². The molecule has 1 saturated heterocycles. The van der Waals surface area contributed by atoms with Crippen LogP contribution in [0, 0.1) is 13.8 Å². The number of hydrogen-bond donors (Lipinski definition) is 1. The van der Waals surface area contributed by atoms with Crippen molar-refractivity contribution in [3.05, 3.63) is 59.0 Å². The van der Waals surface area contributed by atoms with E-state index >= 15 is 0 Å². The van der Waals surface area contributed by atoms with Crippen LogP contribution in [-0.2, 0) is 4.79 Å². The molecule has 0 bridgehead atoms. The molecule has 1 N–H and O–H groups in total. The first-order valence-electron chi connectivity index (χ1n) is 7.60. The van der Waals surface area contributed by atoms with Gasteiger partial charge in [-0.2, -0.15) is 0 Å². The van der Waals surface area contributed by atoms with E-state index in [0.29, 0.717) is 12.2 Å². The van der Waals surface area contributed by atoms with Crippen LogP contribution in [0.4, 0.5) is 4.79 Å². The van der Waals surface area contributed by atoms with Gasteiger partial charge >= 0.3 is 6.03 Å². The van der Waals surface area contributed by atoms with Crippen LogP contribution in [0.25, 0.3) is 11.8 Å². The molecule has 1 aliphatic rings. The lowest BCUT2D eigenvalue weighted by Gasteiger charge is -2.10. The Morgan fingerprint density at radius 3 is 2.57 bits per heavy atom. The van der Waals surface area contributed by atoms with Gasteiger partial charge in [-0.25, -0.2) is 4.79 Å². The van der Waals surface area contributed by atoms with Crippen LogP contribution in [0.1, 0.15) is 23.7 Å². The van der Waals surface area contributed by atoms with E-state index in [-0.39, 0.29) is 11.9 Å². The van der Waals surface area contributed by atoms with Crippen molar-refractivity contribution in [3.63, 3.8) is 0 Å². The van der Waals surface area contributed by atoms with Crippen molar-refractivity contribution in [1.82, 2.24) is 14.8 Å². The van der Waals surface area contributed by atoms with Crippen molar-refractivity contribution in [2.75, 3.05) is 6.54 Å². The summed E-state index contributed by atoms with van der Waals surface area (Å²) in [6.07, 6.45) is 3.65. The number of amides is 3. The molecule has 0 radical (unpaired) electrons. The summed E-state index contributed by atoms with van der Waals surface area (Å²) in [5.74, 6) is -0.287. The second-order valence-corrected chi connectivity index (χ2v) is 5.61. The van der Waals surface area contributed by atoms with E-state index in [1.54, 1.807) is 13.0 Å². The summed E-state index contributed by atoms with van der Waals surface area (Å²) in [7, 11) is 0. The number of urea groups is 1. The molecular weight excluding hydrogens is 290 g/mol.